The molecule has 5 nitrogen and oxygen atoms in total. The van der Waals surface area contributed by atoms with Crippen molar-refractivity contribution >= 4 is 15.7 Å². The summed E-state index contributed by atoms with van der Waals surface area (Å²) in [5, 5.41) is 0. The van der Waals surface area contributed by atoms with Crippen LogP contribution in [0.2, 0.25) is 0 Å². The fraction of sp³-hybridized carbons (Fsp3) is 0.533. The molecule has 0 unspecified atom stereocenters. The van der Waals surface area contributed by atoms with Crippen molar-refractivity contribution in [2.24, 2.45) is 0 Å². The van der Waals surface area contributed by atoms with Crippen LogP contribution in [0.3, 0.4) is 0 Å². The normalized spacial score (nSPS) is 16.9. The number of hydrogen-bond donors (Lipinski definition) is 0. The number of hydrogen-bond acceptors (Lipinski definition) is 4. The Hall–Kier alpha value is -1.40. The van der Waals surface area contributed by atoms with Gasteiger partial charge in [0.25, 0.3) is 0 Å². The Labute approximate surface area is 126 Å². The zero-order valence-corrected chi connectivity index (χ0v) is 13.2. The van der Waals surface area contributed by atoms with Crippen molar-refractivity contribution in [3.05, 3.63) is 30.3 Å². The molecule has 6 heteroatoms. The summed E-state index contributed by atoms with van der Waals surface area (Å²) in [5.41, 5.74) is 0. The van der Waals surface area contributed by atoms with Gasteiger partial charge in [-0.05, 0) is 18.7 Å². The maximum Gasteiger partial charge on any atom is 0.223 e. The summed E-state index contributed by atoms with van der Waals surface area (Å²) in [5.74, 6) is -0.186. The average Bonchev–Trinajstić information content (AvgIpc) is 2.53. The lowest BCUT2D eigenvalue weighted by atomic mass is 10.3. The van der Waals surface area contributed by atoms with E-state index in [9.17, 15) is 13.2 Å². The van der Waals surface area contributed by atoms with E-state index < -0.39 is 9.84 Å². The quantitative estimate of drug-likeness (QED) is 0.814. The van der Waals surface area contributed by atoms with E-state index in [1.165, 1.54) is 0 Å². The van der Waals surface area contributed by atoms with E-state index >= 15 is 0 Å². The minimum Gasteiger partial charge on any atom is -0.340 e. The summed E-state index contributed by atoms with van der Waals surface area (Å²) >= 11 is 0. The Morgan fingerprint density at radius 2 is 1.71 bits per heavy atom. The maximum atomic E-state index is 12.1. The van der Waals surface area contributed by atoms with Crippen molar-refractivity contribution in [3.63, 3.8) is 0 Å². The molecule has 0 atom stereocenters. The molecule has 0 N–H and O–H groups in total. The number of carbonyl (C=O) groups excluding carboxylic acids is 1. The highest BCUT2D eigenvalue weighted by molar-refractivity contribution is 7.91. The highest BCUT2D eigenvalue weighted by Crippen LogP contribution is 2.12. The molecule has 116 valence electrons. The topological polar surface area (TPSA) is 57.7 Å². The number of amides is 1. The van der Waals surface area contributed by atoms with Gasteiger partial charge in [0.1, 0.15) is 0 Å². The van der Waals surface area contributed by atoms with Crippen LogP contribution in [0.25, 0.3) is 0 Å². The summed E-state index contributed by atoms with van der Waals surface area (Å²) < 4.78 is 24.3. The molecule has 2 rings (SSSR count). The number of sulfone groups is 1. The molecule has 0 spiro atoms. The maximum absolute atomic E-state index is 12.1. The van der Waals surface area contributed by atoms with Crippen LogP contribution >= 0.6 is 0 Å². The predicted octanol–water partition coefficient (Wildman–Crippen LogP) is 1.01. The summed E-state index contributed by atoms with van der Waals surface area (Å²) in [6.45, 7) is 6.21. The molecule has 0 bridgehead atoms. The van der Waals surface area contributed by atoms with E-state index in [1.54, 1.807) is 35.2 Å². The van der Waals surface area contributed by atoms with E-state index in [0.717, 1.165) is 19.6 Å². The van der Waals surface area contributed by atoms with Crippen LogP contribution < -0.4 is 0 Å². The van der Waals surface area contributed by atoms with Gasteiger partial charge < -0.3 is 9.80 Å². The number of piperazine rings is 1. The van der Waals surface area contributed by atoms with Gasteiger partial charge in [0, 0.05) is 32.6 Å². The third-order valence-corrected chi connectivity index (χ3v) is 5.59. The Morgan fingerprint density at radius 3 is 2.29 bits per heavy atom. The Morgan fingerprint density at radius 1 is 1.10 bits per heavy atom. The van der Waals surface area contributed by atoms with Crippen LogP contribution in [0.5, 0.6) is 0 Å². The smallest absolute Gasteiger partial charge is 0.223 e. The molecule has 1 aliphatic heterocycles. The fourth-order valence-electron chi connectivity index (χ4n) is 2.44. The Balaban J connectivity index is 1.87. The largest absolute Gasteiger partial charge is 0.340 e. The van der Waals surface area contributed by atoms with Crippen molar-refractivity contribution in [2.75, 3.05) is 38.5 Å². The molecule has 1 saturated heterocycles. The number of nitrogens with zero attached hydrogens (tertiary/aromatic N) is 2. The fourth-order valence-corrected chi connectivity index (χ4v) is 3.69. The van der Waals surface area contributed by atoms with Crippen molar-refractivity contribution < 1.29 is 13.2 Å². The summed E-state index contributed by atoms with van der Waals surface area (Å²) in [6, 6.07) is 8.30. The van der Waals surface area contributed by atoms with Crippen LogP contribution in [0.4, 0.5) is 0 Å². The first kappa shape index (κ1) is 16.0. The molecular formula is C15H22N2O3S. The van der Waals surface area contributed by atoms with Crippen molar-refractivity contribution in [1.29, 1.82) is 0 Å². The van der Waals surface area contributed by atoms with Crippen LogP contribution in [0.1, 0.15) is 13.3 Å². The van der Waals surface area contributed by atoms with Crippen molar-refractivity contribution in [1.82, 2.24) is 9.80 Å². The number of benzene rings is 1. The zero-order valence-electron chi connectivity index (χ0n) is 12.4. The summed E-state index contributed by atoms with van der Waals surface area (Å²) in [4.78, 5) is 16.5. The minimum absolute atomic E-state index is 0.0589. The lowest BCUT2D eigenvalue weighted by Gasteiger charge is -2.34. The van der Waals surface area contributed by atoms with Crippen LogP contribution in [-0.2, 0) is 14.6 Å². The van der Waals surface area contributed by atoms with E-state index in [2.05, 4.69) is 11.8 Å². The van der Waals surface area contributed by atoms with Gasteiger partial charge in [0.15, 0.2) is 9.84 Å². The molecule has 0 saturated carbocycles. The van der Waals surface area contributed by atoms with E-state index in [1.807, 2.05) is 0 Å². The van der Waals surface area contributed by atoms with Crippen LogP contribution in [0.15, 0.2) is 35.2 Å². The van der Waals surface area contributed by atoms with E-state index in [0.29, 0.717) is 13.1 Å². The standard InChI is InChI=1S/C15H22N2O3S/c1-2-16-9-11-17(12-10-16)15(18)8-13-21(19,20)14-6-4-3-5-7-14/h3-7H,2,8-13H2,1H3. The van der Waals surface area contributed by atoms with Gasteiger partial charge in [-0.15, -0.1) is 0 Å². The third-order valence-electron chi connectivity index (χ3n) is 3.86. The second-order valence-corrected chi connectivity index (χ2v) is 7.31. The zero-order chi connectivity index (χ0) is 15.3. The van der Waals surface area contributed by atoms with E-state index in [4.69, 9.17) is 0 Å². The van der Waals surface area contributed by atoms with Crippen LogP contribution in [-0.4, -0.2) is 62.6 Å². The molecule has 1 amide bonds. The first-order chi connectivity index (χ1) is 10.0. The molecule has 1 aromatic carbocycles. The third kappa shape index (κ3) is 4.28. The monoisotopic (exact) mass is 310 g/mol. The van der Waals surface area contributed by atoms with Gasteiger partial charge in [-0.3, -0.25) is 4.79 Å². The predicted molar refractivity (Wildman–Crippen MR) is 81.8 cm³/mol. The average molecular weight is 310 g/mol. The Kier molecular flexibility index (Phi) is 5.36. The molecule has 0 aliphatic carbocycles. The second-order valence-electron chi connectivity index (χ2n) is 5.20. The molecule has 1 heterocycles. The first-order valence-corrected chi connectivity index (χ1v) is 8.96. The first-order valence-electron chi connectivity index (χ1n) is 7.31. The molecule has 1 fully saturated rings. The lowest BCUT2D eigenvalue weighted by Crippen LogP contribution is -2.48. The van der Waals surface area contributed by atoms with Gasteiger partial charge in [0.2, 0.25) is 5.91 Å². The highest BCUT2D eigenvalue weighted by Gasteiger charge is 2.22. The molecule has 21 heavy (non-hydrogen) atoms. The number of carbonyl (C=O) groups is 1. The van der Waals surface area contributed by atoms with Gasteiger partial charge >= 0.3 is 0 Å². The molecule has 0 aromatic heterocycles. The van der Waals surface area contributed by atoms with Gasteiger partial charge in [-0.25, -0.2) is 8.42 Å². The van der Waals surface area contributed by atoms with Crippen molar-refractivity contribution in [2.45, 2.75) is 18.2 Å². The molecule has 1 aromatic rings. The Bertz CT molecular complexity index is 564. The molecular weight excluding hydrogens is 288 g/mol. The van der Waals surface area contributed by atoms with E-state index in [-0.39, 0.29) is 23.0 Å². The number of likely N-dealkylation sites (N-methyl/N-ethyl adjacent to an activating group) is 1. The van der Waals surface area contributed by atoms with Gasteiger partial charge in [-0.2, -0.15) is 0 Å². The lowest BCUT2D eigenvalue weighted by molar-refractivity contribution is -0.132. The summed E-state index contributed by atoms with van der Waals surface area (Å²) in [6.07, 6.45) is 0.0589. The number of rotatable bonds is 5. The SMILES string of the molecule is CCN1CCN(C(=O)CCS(=O)(=O)c2ccccc2)CC1. The van der Waals surface area contributed by atoms with Crippen LogP contribution in [0, 0.1) is 0 Å². The highest BCUT2D eigenvalue weighted by atomic mass is 32.2. The molecule has 1 aliphatic rings. The minimum atomic E-state index is -3.37. The summed E-state index contributed by atoms with van der Waals surface area (Å²) in [7, 11) is -3.37. The second kappa shape index (κ2) is 7.04. The van der Waals surface area contributed by atoms with Crippen molar-refractivity contribution in [3.8, 4) is 0 Å². The molecule has 0 radical (unpaired) electrons. The van der Waals surface area contributed by atoms with Gasteiger partial charge in [-0.1, -0.05) is 25.1 Å². The van der Waals surface area contributed by atoms with Gasteiger partial charge in [0.05, 0.1) is 10.6 Å².